The molecule has 1 atom stereocenters. The van der Waals surface area contributed by atoms with Crippen LogP contribution in [0.4, 0.5) is 5.69 Å². The molecular weight excluding hydrogens is 224 g/mol. The summed E-state index contributed by atoms with van der Waals surface area (Å²) < 4.78 is 5.73. The van der Waals surface area contributed by atoms with Gasteiger partial charge in [-0.05, 0) is 39.8 Å². The summed E-state index contributed by atoms with van der Waals surface area (Å²) >= 11 is 0. The summed E-state index contributed by atoms with van der Waals surface area (Å²) in [5.74, 6) is 0. The Hall–Kier alpha value is -1.06. The van der Waals surface area contributed by atoms with Gasteiger partial charge in [-0.2, -0.15) is 0 Å². The standard InChI is InChI=1S/C15H24N2O/c1-12(2)17(14-8-6-5-7-9-14)10-13-11-18-15(3,4)16-13/h5-9,12-13,16H,10-11H2,1-4H3/t13-/m0/s1. The summed E-state index contributed by atoms with van der Waals surface area (Å²) in [5, 5.41) is 3.52. The highest BCUT2D eigenvalue weighted by molar-refractivity contribution is 5.47. The molecule has 1 saturated heterocycles. The van der Waals surface area contributed by atoms with Crippen molar-refractivity contribution in [1.29, 1.82) is 0 Å². The van der Waals surface area contributed by atoms with Crippen LogP contribution in [0.15, 0.2) is 30.3 Å². The summed E-state index contributed by atoms with van der Waals surface area (Å²) in [4.78, 5) is 2.42. The zero-order valence-corrected chi connectivity index (χ0v) is 11.8. The molecule has 18 heavy (non-hydrogen) atoms. The highest BCUT2D eigenvalue weighted by Crippen LogP contribution is 2.20. The minimum atomic E-state index is -0.190. The first kappa shape index (κ1) is 13.4. The SMILES string of the molecule is CC(C)N(C[C@H]1COC(C)(C)N1)c1ccccc1. The fourth-order valence-corrected chi connectivity index (χ4v) is 2.45. The topological polar surface area (TPSA) is 24.5 Å². The second-order valence-electron chi connectivity index (χ2n) is 5.74. The second kappa shape index (κ2) is 5.29. The van der Waals surface area contributed by atoms with Gasteiger partial charge < -0.3 is 9.64 Å². The Balaban J connectivity index is 2.04. The summed E-state index contributed by atoms with van der Waals surface area (Å²) in [6.45, 7) is 10.4. The van der Waals surface area contributed by atoms with Crippen molar-refractivity contribution < 1.29 is 4.74 Å². The molecule has 1 fully saturated rings. The summed E-state index contributed by atoms with van der Waals surface area (Å²) in [5.41, 5.74) is 1.09. The Labute approximate surface area is 110 Å². The molecule has 100 valence electrons. The first-order valence-corrected chi connectivity index (χ1v) is 6.71. The van der Waals surface area contributed by atoms with Crippen LogP contribution >= 0.6 is 0 Å². The molecule has 0 amide bonds. The Morgan fingerprint density at radius 2 is 2.00 bits per heavy atom. The van der Waals surface area contributed by atoms with E-state index >= 15 is 0 Å². The molecule has 0 bridgehead atoms. The first-order chi connectivity index (χ1) is 8.48. The lowest BCUT2D eigenvalue weighted by molar-refractivity contribution is 0.0231. The van der Waals surface area contributed by atoms with Gasteiger partial charge in [0.25, 0.3) is 0 Å². The van der Waals surface area contributed by atoms with Crippen molar-refractivity contribution in [3.63, 3.8) is 0 Å². The molecule has 0 spiro atoms. The molecule has 1 aromatic carbocycles. The van der Waals surface area contributed by atoms with E-state index in [-0.39, 0.29) is 5.72 Å². The minimum Gasteiger partial charge on any atom is -0.367 e. The number of hydrogen-bond donors (Lipinski definition) is 1. The van der Waals surface area contributed by atoms with E-state index in [9.17, 15) is 0 Å². The molecule has 0 aromatic heterocycles. The number of ether oxygens (including phenoxy) is 1. The number of nitrogens with one attached hydrogen (secondary N) is 1. The van der Waals surface area contributed by atoms with Gasteiger partial charge in [0.1, 0.15) is 5.72 Å². The normalized spacial score (nSPS) is 22.4. The highest BCUT2D eigenvalue weighted by atomic mass is 16.5. The summed E-state index contributed by atoms with van der Waals surface area (Å²) in [6.07, 6.45) is 0. The Morgan fingerprint density at radius 3 is 2.50 bits per heavy atom. The van der Waals surface area contributed by atoms with Crippen molar-refractivity contribution in [1.82, 2.24) is 5.32 Å². The van der Waals surface area contributed by atoms with Gasteiger partial charge in [-0.1, -0.05) is 18.2 Å². The predicted octanol–water partition coefficient (Wildman–Crippen LogP) is 2.63. The molecule has 0 saturated carbocycles. The van der Waals surface area contributed by atoms with Gasteiger partial charge in [0.15, 0.2) is 0 Å². The smallest absolute Gasteiger partial charge is 0.113 e. The molecule has 1 aliphatic heterocycles. The van der Waals surface area contributed by atoms with E-state index in [0.29, 0.717) is 12.1 Å². The number of nitrogens with zero attached hydrogens (tertiary/aromatic N) is 1. The molecular formula is C15H24N2O. The third-order valence-electron chi connectivity index (χ3n) is 3.33. The van der Waals surface area contributed by atoms with Gasteiger partial charge in [-0.3, -0.25) is 5.32 Å². The monoisotopic (exact) mass is 248 g/mol. The largest absolute Gasteiger partial charge is 0.367 e. The quantitative estimate of drug-likeness (QED) is 0.886. The molecule has 1 aromatic rings. The third-order valence-corrected chi connectivity index (χ3v) is 3.33. The molecule has 1 heterocycles. The lowest BCUT2D eigenvalue weighted by Gasteiger charge is -2.31. The van der Waals surface area contributed by atoms with E-state index in [1.54, 1.807) is 0 Å². The second-order valence-corrected chi connectivity index (χ2v) is 5.74. The van der Waals surface area contributed by atoms with Gasteiger partial charge >= 0.3 is 0 Å². The molecule has 0 aliphatic carbocycles. The average Bonchev–Trinajstić information content (AvgIpc) is 2.66. The molecule has 2 rings (SSSR count). The van der Waals surface area contributed by atoms with E-state index < -0.39 is 0 Å². The van der Waals surface area contributed by atoms with E-state index in [2.05, 4.69) is 68.2 Å². The Kier molecular flexibility index (Phi) is 3.93. The van der Waals surface area contributed by atoms with E-state index in [0.717, 1.165) is 13.2 Å². The average molecular weight is 248 g/mol. The van der Waals surface area contributed by atoms with Crippen molar-refractivity contribution >= 4 is 5.69 Å². The lowest BCUT2D eigenvalue weighted by atomic mass is 10.2. The number of benzene rings is 1. The van der Waals surface area contributed by atoms with Crippen molar-refractivity contribution in [3.8, 4) is 0 Å². The molecule has 1 aliphatic rings. The number of para-hydroxylation sites is 1. The molecule has 0 radical (unpaired) electrons. The summed E-state index contributed by atoms with van der Waals surface area (Å²) in [6, 6.07) is 11.4. The van der Waals surface area contributed by atoms with Gasteiger partial charge in [-0.25, -0.2) is 0 Å². The van der Waals surface area contributed by atoms with Crippen molar-refractivity contribution in [3.05, 3.63) is 30.3 Å². The van der Waals surface area contributed by atoms with Crippen LogP contribution in [0.2, 0.25) is 0 Å². The van der Waals surface area contributed by atoms with Crippen molar-refractivity contribution in [2.45, 2.75) is 45.5 Å². The zero-order valence-electron chi connectivity index (χ0n) is 11.8. The zero-order chi connectivity index (χ0) is 13.2. The predicted molar refractivity (Wildman–Crippen MR) is 75.9 cm³/mol. The maximum absolute atomic E-state index is 5.73. The van der Waals surface area contributed by atoms with E-state index in [1.165, 1.54) is 5.69 Å². The van der Waals surface area contributed by atoms with Crippen LogP contribution in [-0.4, -0.2) is 31.0 Å². The van der Waals surface area contributed by atoms with Crippen LogP contribution in [0.25, 0.3) is 0 Å². The van der Waals surface area contributed by atoms with Gasteiger partial charge in [0.2, 0.25) is 0 Å². The Morgan fingerprint density at radius 1 is 1.33 bits per heavy atom. The van der Waals surface area contributed by atoms with Gasteiger partial charge in [0, 0.05) is 18.3 Å². The molecule has 3 nitrogen and oxygen atoms in total. The first-order valence-electron chi connectivity index (χ1n) is 6.71. The maximum Gasteiger partial charge on any atom is 0.113 e. The van der Waals surface area contributed by atoms with Crippen molar-refractivity contribution in [2.24, 2.45) is 0 Å². The fraction of sp³-hybridized carbons (Fsp3) is 0.600. The van der Waals surface area contributed by atoms with E-state index in [4.69, 9.17) is 4.74 Å². The van der Waals surface area contributed by atoms with Crippen LogP contribution in [0, 0.1) is 0 Å². The van der Waals surface area contributed by atoms with Crippen LogP contribution in [0.1, 0.15) is 27.7 Å². The Bertz CT molecular complexity index is 375. The molecule has 3 heteroatoms. The third kappa shape index (κ3) is 3.24. The van der Waals surface area contributed by atoms with Crippen LogP contribution in [-0.2, 0) is 4.74 Å². The highest BCUT2D eigenvalue weighted by Gasteiger charge is 2.32. The van der Waals surface area contributed by atoms with Crippen LogP contribution in [0.3, 0.4) is 0 Å². The number of hydrogen-bond acceptors (Lipinski definition) is 3. The summed E-state index contributed by atoms with van der Waals surface area (Å²) in [7, 11) is 0. The van der Waals surface area contributed by atoms with Crippen LogP contribution in [0.5, 0.6) is 0 Å². The van der Waals surface area contributed by atoms with Crippen molar-refractivity contribution in [2.75, 3.05) is 18.1 Å². The molecule has 0 unspecified atom stereocenters. The minimum absolute atomic E-state index is 0.190. The molecule has 1 N–H and O–H groups in total. The lowest BCUT2D eigenvalue weighted by Crippen LogP contribution is -2.46. The number of rotatable bonds is 4. The van der Waals surface area contributed by atoms with Crippen LogP contribution < -0.4 is 10.2 Å². The van der Waals surface area contributed by atoms with Gasteiger partial charge in [0.05, 0.1) is 12.6 Å². The van der Waals surface area contributed by atoms with Gasteiger partial charge in [-0.15, -0.1) is 0 Å². The number of anilines is 1. The fourth-order valence-electron chi connectivity index (χ4n) is 2.45. The van der Waals surface area contributed by atoms with E-state index in [1.807, 2.05) is 0 Å². The maximum atomic E-state index is 5.73.